The Morgan fingerprint density at radius 2 is 1.41 bits per heavy atom. The predicted molar refractivity (Wildman–Crippen MR) is 105 cm³/mol. The van der Waals surface area contributed by atoms with Crippen LogP contribution < -0.4 is 14.7 Å². The number of anilines is 3. The van der Waals surface area contributed by atoms with E-state index in [4.69, 9.17) is 0 Å². The second-order valence-corrected chi connectivity index (χ2v) is 7.20. The van der Waals surface area contributed by atoms with Crippen molar-refractivity contribution in [2.24, 2.45) is 0 Å². The minimum absolute atomic E-state index is 0.263. The van der Waals surface area contributed by atoms with Gasteiger partial charge in [0.2, 0.25) is 0 Å². The van der Waals surface area contributed by atoms with Gasteiger partial charge in [-0.2, -0.15) is 0 Å². The molecule has 0 amide bonds. The molecule has 2 aromatic rings. The molecule has 0 aliphatic carbocycles. The number of hydrogen-bond donors (Lipinski definition) is 0. The maximum absolute atomic E-state index is 14.0. The number of pyridine rings is 1. The average molecular weight is 371 g/mol. The van der Waals surface area contributed by atoms with Crippen LogP contribution in [0, 0.1) is 12.7 Å². The summed E-state index contributed by atoms with van der Waals surface area (Å²) in [6.07, 6.45) is 1.64. The van der Waals surface area contributed by atoms with Crippen LogP contribution >= 0.6 is 0 Å². The lowest BCUT2D eigenvalue weighted by atomic mass is 10.2. The van der Waals surface area contributed by atoms with Gasteiger partial charge in [-0.3, -0.25) is 0 Å². The molecule has 2 fully saturated rings. The molecule has 0 saturated carbocycles. The second-order valence-electron chi connectivity index (χ2n) is 7.20. The van der Waals surface area contributed by atoms with E-state index in [2.05, 4.69) is 42.8 Å². The molecule has 0 aromatic carbocycles. The van der Waals surface area contributed by atoms with Crippen molar-refractivity contribution in [1.29, 1.82) is 0 Å². The molecular formula is C19H26FN7. The number of piperazine rings is 2. The molecule has 0 unspecified atom stereocenters. The number of halogens is 1. The van der Waals surface area contributed by atoms with Crippen molar-refractivity contribution < 1.29 is 4.39 Å². The third kappa shape index (κ3) is 3.95. The third-order valence-corrected chi connectivity index (χ3v) is 5.28. The van der Waals surface area contributed by atoms with E-state index in [0.29, 0.717) is 5.82 Å². The minimum atomic E-state index is -0.263. The lowest BCUT2D eigenvalue weighted by Gasteiger charge is -2.37. The van der Waals surface area contributed by atoms with E-state index in [-0.39, 0.29) is 5.82 Å². The fourth-order valence-corrected chi connectivity index (χ4v) is 3.65. The Bertz CT molecular complexity index is 783. The van der Waals surface area contributed by atoms with Crippen LogP contribution in [-0.2, 0) is 0 Å². The first kappa shape index (κ1) is 17.9. The molecule has 27 heavy (non-hydrogen) atoms. The number of rotatable bonds is 3. The van der Waals surface area contributed by atoms with E-state index in [9.17, 15) is 4.39 Å². The van der Waals surface area contributed by atoms with Crippen molar-refractivity contribution in [1.82, 2.24) is 19.9 Å². The molecule has 7 nitrogen and oxygen atoms in total. The van der Waals surface area contributed by atoms with Gasteiger partial charge in [0.05, 0.1) is 0 Å². The summed E-state index contributed by atoms with van der Waals surface area (Å²) in [5, 5.41) is 0. The highest BCUT2D eigenvalue weighted by atomic mass is 19.1. The van der Waals surface area contributed by atoms with E-state index in [0.717, 1.165) is 69.8 Å². The highest BCUT2D eigenvalue weighted by molar-refractivity contribution is 5.53. The van der Waals surface area contributed by atoms with E-state index >= 15 is 0 Å². The molecule has 4 heterocycles. The van der Waals surface area contributed by atoms with Gasteiger partial charge in [-0.25, -0.2) is 19.3 Å². The summed E-state index contributed by atoms with van der Waals surface area (Å²) in [6, 6.07) is 5.18. The van der Waals surface area contributed by atoms with Crippen molar-refractivity contribution in [2.45, 2.75) is 6.92 Å². The van der Waals surface area contributed by atoms with Crippen molar-refractivity contribution in [3.8, 4) is 0 Å². The molecule has 0 radical (unpaired) electrons. The molecule has 2 aliphatic heterocycles. The Hall–Kier alpha value is -2.48. The molecule has 0 atom stereocenters. The van der Waals surface area contributed by atoms with Crippen LogP contribution in [-0.4, -0.2) is 79.3 Å². The molecule has 4 rings (SSSR count). The normalized spacial score (nSPS) is 18.9. The Morgan fingerprint density at radius 3 is 2.00 bits per heavy atom. The number of hydrogen-bond acceptors (Lipinski definition) is 7. The first-order valence-electron chi connectivity index (χ1n) is 9.50. The second kappa shape index (κ2) is 7.64. The van der Waals surface area contributed by atoms with E-state index in [1.54, 1.807) is 12.3 Å². The first-order chi connectivity index (χ1) is 13.1. The van der Waals surface area contributed by atoms with E-state index in [1.165, 1.54) is 6.07 Å². The monoisotopic (exact) mass is 371 g/mol. The fourth-order valence-electron chi connectivity index (χ4n) is 3.65. The lowest BCUT2D eigenvalue weighted by molar-refractivity contribution is 0.312. The lowest BCUT2D eigenvalue weighted by Crippen LogP contribution is -2.48. The van der Waals surface area contributed by atoms with Crippen LogP contribution in [0.15, 0.2) is 24.4 Å². The number of aryl methyl sites for hydroxylation is 1. The van der Waals surface area contributed by atoms with Gasteiger partial charge in [-0.05, 0) is 26.1 Å². The quantitative estimate of drug-likeness (QED) is 0.808. The van der Waals surface area contributed by atoms with Crippen LogP contribution in [0.3, 0.4) is 0 Å². The molecule has 2 aliphatic rings. The number of likely N-dealkylation sites (N-methyl/N-ethyl adjacent to an activating group) is 1. The maximum atomic E-state index is 14.0. The molecule has 0 N–H and O–H groups in total. The Balaban J connectivity index is 1.46. The Labute approximate surface area is 159 Å². The van der Waals surface area contributed by atoms with Crippen molar-refractivity contribution >= 4 is 17.5 Å². The van der Waals surface area contributed by atoms with Gasteiger partial charge in [0, 0.05) is 64.6 Å². The minimum Gasteiger partial charge on any atom is -0.354 e. The van der Waals surface area contributed by atoms with Gasteiger partial charge in [0.1, 0.15) is 17.5 Å². The van der Waals surface area contributed by atoms with Gasteiger partial charge in [0.25, 0.3) is 0 Å². The number of aromatic nitrogens is 3. The van der Waals surface area contributed by atoms with Gasteiger partial charge < -0.3 is 19.6 Å². The average Bonchev–Trinajstić information content (AvgIpc) is 2.69. The summed E-state index contributed by atoms with van der Waals surface area (Å²) in [6.45, 7) is 9.03. The van der Waals surface area contributed by atoms with Gasteiger partial charge in [-0.15, -0.1) is 0 Å². The SMILES string of the molecule is Cc1nc(N2CCN(C)CC2)cc(N2CCN(c3ncccc3F)CC2)n1. The van der Waals surface area contributed by atoms with Crippen LogP contribution in [0.25, 0.3) is 0 Å². The van der Waals surface area contributed by atoms with Crippen LogP contribution in [0.4, 0.5) is 21.8 Å². The highest BCUT2D eigenvalue weighted by Gasteiger charge is 2.23. The molecule has 2 aromatic heterocycles. The zero-order valence-electron chi connectivity index (χ0n) is 16.0. The largest absolute Gasteiger partial charge is 0.354 e. The Kier molecular flexibility index (Phi) is 5.07. The topological polar surface area (TPSA) is 51.6 Å². The Morgan fingerprint density at radius 1 is 0.852 bits per heavy atom. The maximum Gasteiger partial charge on any atom is 0.165 e. The molecule has 0 spiro atoms. The smallest absolute Gasteiger partial charge is 0.165 e. The third-order valence-electron chi connectivity index (χ3n) is 5.28. The van der Waals surface area contributed by atoms with Gasteiger partial charge in [0.15, 0.2) is 11.6 Å². The molecule has 2 saturated heterocycles. The summed E-state index contributed by atoms with van der Waals surface area (Å²) in [7, 11) is 2.15. The highest BCUT2D eigenvalue weighted by Crippen LogP contribution is 2.23. The van der Waals surface area contributed by atoms with Gasteiger partial charge in [-0.1, -0.05) is 0 Å². The van der Waals surface area contributed by atoms with Crippen LogP contribution in [0.1, 0.15) is 5.82 Å². The van der Waals surface area contributed by atoms with Crippen LogP contribution in [0.5, 0.6) is 0 Å². The molecular weight excluding hydrogens is 345 g/mol. The predicted octanol–water partition coefficient (Wildman–Crippen LogP) is 1.40. The van der Waals surface area contributed by atoms with Gasteiger partial charge >= 0.3 is 0 Å². The van der Waals surface area contributed by atoms with Crippen molar-refractivity contribution in [3.63, 3.8) is 0 Å². The zero-order chi connectivity index (χ0) is 18.8. The van der Waals surface area contributed by atoms with Crippen molar-refractivity contribution in [2.75, 3.05) is 74.1 Å². The first-order valence-corrected chi connectivity index (χ1v) is 9.50. The van der Waals surface area contributed by atoms with E-state index in [1.807, 2.05) is 11.8 Å². The fraction of sp³-hybridized carbons (Fsp3) is 0.526. The summed E-state index contributed by atoms with van der Waals surface area (Å²) in [5.74, 6) is 2.93. The zero-order valence-corrected chi connectivity index (χ0v) is 16.0. The van der Waals surface area contributed by atoms with Crippen LogP contribution in [0.2, 0.25) is 0 Å². The molecule has 8 heteroatoms. The van der Waals surface area contributed by atoms with E-state index < -0.39 is 0 Å². The molecule has 144 valence electrons. The standard InChI is InChI=1S/C19H26FN7/c1-15-22-17(25-8-6-24(2)7-9-25)14-18(23-15)26-10-12-27(13-11-26)19-16(20)4-3-5-21-19/h3-5,14H,6-13H2,1-2H3. The number of nitrogens with zero attached hydrogens (tertiary/aromatic N) is 7. The summed E-state index contributed by atoms with van der Waals surface area (Å²) in [5.41, 5.74) is 0. The summed E-state index contributed by atoms with van der Waals surface area (Å²) >= 11 is 0. The molecule has 0 bridgehead atoms. The summed E-state index contributed by atoms with van der Waals surface area (Å²) < 4.78 is 14.0. The summed E-state index contributed by atoms with van der Waals surface area (Å²) in [4.78, 5) is 22.4. The van der Waals surface area contributed by atoms with Crippen molar-refractivity contribution in [3.05, 3.63) is 36.0 Å².